The Hall–Kier alpha value is -2.04. The van der Waals surface area contributed by atoms with Crippen molar-refractivity contribution in [2.45, 2.75) is 0 Å². The summed E-state index contributed by atoms with van der Waals surface area (Å²) in [4.78, 5) is 3.90. The summed E-state index contributed by atoms with van der Waals surface area (Å²) in [7, 11) is 0. The van der Waals surface area contributed by atoms with E-state index in [1.54, 1.807) is 0 Å². The summed E-state index contributed by atoms with van der Waals surface area (Å²) in [5, 5.41) is 20.6. The van der Waals surface area contributed by atoms with Crippen molar-refractivity contribution in [3.05, 3.63) is 29.7 Å². The second-order valence-corrected chi connectivity index (χ2v) is 2.62. The van der Waals surface area contributed by atoms with Crippen LogP contribution < -0.4 is 10.5 Å². The number of anilines is 1. The predicted octanol–water partition coefficient (Wildman–Crippen LogP) is 0.156. The molecule has 2 aromatic rings. The fourth-order valence-corrected chi connectivity index (χ4v) is 1.18. The first-order valence-corrected chi connectivity index (χ1v) is 3.65. The van der Waals surface area contributed by atoms with Gasteiger partial charge in [0.1, 0.15) is 0 Å². The first-order chi connectivity index (χ1) is 6.20. The minimum atomic E-state index is -0.118. The highest BCUT2D eigenvalue weighted by Crippen LogP contribution is 2.23. The van der Waals surface area contributed by atoms with Gasteiger partial charge >= 0.3 is 0 Å². The molecule has 1 aromatic heterocycles. The largest absolute Gasteiger partial charge is 0.618 e. The van der Waals surface area contributed by atoms with Gasteiger partial charge in [0.2, 0.25) is 0 Å². The molecule has 0 saturated heterocycles. The van der Waals surface area contributed by atoms with Crippen LogP contribution in [-0.4, -0.2) is 10.1 Å². The maximum atomic E-state index is 11.2. The number of phenolic OH excluding ortho intramolecular Hbond substituents is 1. The Morgan fingerprint density at radius 2 is 2.23 bits per heavy atom. The van der Waals surface area contributed by atoms with Gasteiger partial charge in [-0.2, -0.15) is 4.73 Å². The van der Waals surface area contributed by atoms with E-state index in [1.807, 2.05) is 0 Å². The summed E-state index contributed by atoms with van der Waals surface area (Å²) < 4.78 is 0.536. The molecular weight excluding hydrogens is 170 g/mol. The van der Waals surface area contributed by atoms with Gasteiger partial charge < -0.3 is 16.0 Å². The minimum Gasteiger partial charge on any atom is -0.618 e. The zero-order chi connectivity index (χ0) is 9.42. The number of nitrogens with zero attached hydrogens (tertiary/aromatic N) is 2. The van der Waals surface area contributed by atoms with Crippen molar-refractivity contribution in [3.63, 3.8) is 0 Å². The SMILES string of the molecule is Nc1ccc(O)c2c1ncc[n+]2[O-]. The fraction of sp³-hybridized carbons (Fsp3) is 0. The maximum Gasteiger partial charge on any atom is 0.286 e. The summed E-state index contributed by atoms with van der Waals surface area (Å²) in [5.41, 5.74) is 6.36. The molecule has 13 heavy (non-hydrogen) atoms. The smallest absolute Gasteiger partial charge is 0.286 e. The van der Waals surface area contributed by atoms with Crippen LogP contribution in [0.5, 0.6) is 5.75 Å². The molecule has 5 heteroatoms. The number of aromatic hydroxyl groups is 1. The minimum absolute atomic E-state index is 0.0995. The van der Waals surface area contributed by atoms with Crippen LogP contribution in [0.3, 0.4) is 0 Å². The third kappa shape index (κ3) is 1.01. The number of benzene rings is 1. The molecule has 0 aliphatic carbocycles. The maximum absolute atomic E-state index is 11.2. The first-order valence-electron chi connectivity index (χ1n) is 3.65. The molecular formula is C8H7N3O2. The van der Waals surface area contributed by atoms with Gasteiger partial charge in [-0.15, -0.1) is 0 Å². The number of hydrogen-bond donors (Lipinski definition) is 2. The number of fused-ring (bicyclic) bond motifs is 1. The lowest BCUT2D eigenvalue weighted by Gasteiger charge is -2.03. The van der Waals surface area contributed by atoms with Crippen molar-refractivity contribution in [1.29, 1.82) is 0 Å². The monoisotopic (exact) mass is 177 g/mol. The van der Waals surface area contributed by atoms with Gasteiger partial charge in [0.25, 0.3) is 5.52 Å². The Bertz CT molecular complexity index is 462. The van der Waals surface area contributed by atoms with E-state index < -0.39 is 0 Å². The highest BCUT2D eigenvalue weighted by atomic mass is 16.5. The van der Waals surface area contributed by atoms with E-state index >= 15 is 0 Å². The van der Waals surface area contributed by atoms with Crippen LogP contribution in [0.1, 0.15) is 0 Å². The summed E-state index contributed by atoms with van der Waals surface area (Å²) in [6.45, 7) is 0. The van der Waals surface area contributed by atoms with Crippen molar-refractivity contribution in [2.24, 2.45) is 0 Å². The third-order valence-corrected chi connectivity index (χ3v) is 1.79. The van der Waals surface area contributed by atoms with Gasteiger partial charge in [-0.05, 0) is 12.1 Å². The Morgan fingerprint density at radius 3 is 2.92 bits per heavy atom. The lowest BCUT2D eigenvalue weighted by Crippen LogP contribution is -2.26. The van der Waals surface area contributed by atoms with Crippen molar-refractivity contribution in [2.75, 3.05) is 5.73 Å². The first kappa shape index (κ1) is 7.60. The van der Waals surface area contributed by atoms with E-state index in [2.05, 4.69) is 4.98 Å². The summed E-state index contributed by atoms with van der Waals surface area (Å²) in [6.07, 6.45) is 2.55. The average Bonchev–Trinajstić information content (AvgIpc) is 2.12. The second kappa shape index (κ2) is 2.48. The van der Waals surface area contributed by atoms with Crippen molar-refractivity contribution < 1.29 is 9.84 Å². The fourth-order valence-electron chi connectivity index (χ4n) is 1.18. The molecule has 66 valence electrons. The Balaban J connectivity index is 3.00. The van der Waals surface area contributed by atoms with Crippen LogP contribution in [0.25, 0.3) is 11.0 Å². The molecule has 0 aliphatic heterocycles. The summed E-state index contributed by atoms with van der Waals surface area (Å²) in [5.74, 6) is -0.118. The van der Waals surface area contributed by atoms with Gasteiger partial charge in [-0.1, -0.05) is 0 Å². The van der Waals surface area contributed by atoms with E-state index in [9.17, 15) is 10.3 Å². The molecule has 1 aromatic carbocycles. The molecule has 0 spiro atoms. The van der Waals surface area contributed by atoms with Crippen LogP contribution in [0.2, 0.25) is 0 Å². The highest BCUT2D eigenvalue weighted by molar-refractivity contribution is 5.88. The summed E-state index contributed by atoms with van der Waals surface area (Å²) in [6, 6.07) is 2.87. The van der Waals surface area contributed by atoms with Crippen LogP contribution in [0, 0.1) is 5.21 Å². The average molecular weight is 177 g/mol. The van der Waals surface area contributed by atoms with Crippen LogP contribution in [-0.2, 0) is 0 Å². The molecule has 0 amide bonds. The van der Waals surface area contributed by atoms with Crippen molar-refractivity contribution in [1.82, 2.24) is 4.98 Å². The lowest BCUT2D eigenvalue weighted by molar-refractivity contribution is -0.577. The molecule has 3 N–H and O–H groups in total. The second-order valence-electron chi connectivity index (χ2n) is 2.62. The standard InChI is InChI=1S/C8H7N3O2/c9-5-1-2-6(12)8-7(5)10-3-4-11(8)13/h1-4,12H,9H2. The normalized spacial score (nSPS) is 10.5. The zero-order valence-corrected chi connectivity index (χ0v) is 6.64. The molecule has 0 aliphatic rings. The van der Waals surface area contributed by atoms with E-state index in [-0.39, 0.29) is 11.3 Å². The third-order valence-electron chi connectivity index (χ3n) is 1.79. The Kier molecular flexibility index (Phi) is 1.45. The molecule has 2 rings (SSSR count). The van der Waals surface area contributed by atoms with Crippen LogP contribution in [0.15, 0.2) is 24.5 Å². The van der Waals surface area contributed by atoms with Gasteiger partial charge in [0, 0.05) is 0 Å². The van der Waals surface area contributed by atoms with E-state index in [0.29, 0.717) is 15.9 Å². The quantitative estimate of drug-likeness (QED) is 0.259. The van der Waals surface area contributed by atoms with Crippen molar-refractivity contribution in [3.8, 4) is 5.75 Å². The zero-order valence-electron chi connectivity index (χ0n) is 6.64. The molecule has 5 nitrogen and oxygen atoms in total. The Morgan fingerprint density at radius 1 is 1.46 bits per heavy atom. The lowest BCUT2D eigenvalue weighted by atomic mass is 10.2. The number of hydrogen-bond acceptors (Lipinski definition) is 4. The summed E-state index contributed by atoms with van der Waals surface area (Å²) >= 11 is 0. The number of nitrogen functional groups attached to an aromatic ring is 1. The van der Waals surface area contributed by atoms with Gasteiger partial charge in [-0.25, -0.2) is 4.98 Å². The van der Waals surface area contributed by atoms with Crippen LogP contribution in [0.4, 0.5) is 5.69 Å². The molecule has 0 saturated carbocycles. The van der Waals surface area contributed by atoms with Crippen molar-refractivity contribution >= 4 is 16.7 Å². The van der Waals surface area contributed by atoms with E-state index in [0.717, 1.165) is 0 Å². The Labute approximate surface area is 73.6 Å². The number of nitrogens with two attached hydrogens (primary N) is 1. The molecule has 0 atom stereocenters. The highest BCUT2D eigenvalue weighted by Gasteiger charge is 2.12. The molecule has 0 bridgehead atoms. The molecule has 1 heterocycles. The van der Waals surface area contributed by atoms with Crippen LogP contribution >= 0.6 is 0 Å². The number of phenols is 1. The molecule has 0 unspecified atom stereocenters. The number of rotatable bonds is 0. The topological polar surface area (TPSA) is 86.1 Å². The van der Waals surface area contributed by atoms with Gasteiger partial charge in [0.15, 0.2) is 17.5 Å². The molecule has 0 radical (unpaired) electrons. The number of aromatic nitrogens is 2. The van der Waals surface area contributed by atoms with E-state index in [1.165, 1.54) is 24.5 Å². The van der Waals surface area contributed by atoms with Gasteiger partial charge in [0.05, 0.1) is 11.9 Å². The van der Waals surface area contributed by atoms with E-state index in [4.69, 9.17) is 5.73 Å². The van der Waals surface area contributed by atoms with Gasteiger partial charge in [-0.3, -0.25) is 0 Å². The predicted molar refractivity (Wildman–Crippen MR) is 46.8 cm³/mol. The molecule has 0 fully saturated rings.